The minimum absolute atomic E-state index is 0.286. The van der Waals surface area contributed by atoms with Crippen molar-refractivity contribution in [1.29, 1.82) is 21.0 Å². The van der Waals surface area contributed by atoms with Gasteiger partial charge in [-0.15, -0.1) is 0 Å². The van der Waals surface area contributed by atoms with E-state index in [2.05, 4.69) is 91.0 Å². The predicted octanol–water partition coefficient (Wildman–Crippen LogP) is 11.6. The lowest BCUT2D eigenvalue weighted by Crippen LogP contribution is -2.05. The van der Waals surface area contributed by atoms with Gasteiger partial charge in [0.2, 0.25) is 0 Å². The van der Waals surface area contributed by atoms with Crippen molar-refractivity contribution < 1.29 is 14.2 Å². The predicted molar refractivity (Wildman–Crippen MR) is 232 cm³/mol. The van der Waals surface area contributed by atoms with Gasteiger partial charge in [-0.2, -0.15) is 21.0 Å². The van der Waals surface area contributed by atoms with E-state index in [9.17, 15) is 21.0 Å². The van der Waals surface area contributed by atoms with Crippen LogP contribution in [-0.2, 0) is 0 Å². The fraction of sp³-hybridized carbons (Fsp3) is 0.132. The van der Waals surface area contributed by atoms with Crippen LogP contribution < -0.4 is 14.2 Å². The number of hydrogen-bond acceptors (Lipinski definition) is 7. The van der Waals surface area contributed by atoms with Crippen molar-refractivity contribution in [2.45, 2.75) is 23.7 Å². The van der Waals surface area contributed by atoms with E-state index in [1.165, 1.54) is 0 Å². The Bertz CT molecular complexity index is 2690. The molecule has 2 aromatic carbocycles. The summed E-state index contributed by atoms with van der Waals surface area (Å²) >= 11 is 0. The molecule has 60 heavy (non-hydrogen) atoms. The SMILES string of the molecule is COc1ccc2ccc(C(c3ccc(C(C#N)C#N)cc3)c3cc(C(c4ccc(C(C#N)C#N)cc4)c4ccc5ccc(OC)ccc4-5)c4ccc(OC)ccc3-4)c-2cc1. The summed E-state index contributed by atoms with van der Waals surface area (Å²) in [6.07, 6.45) is 0. The molecular formula is C53H38N4O3. The Morgan fingerprint density at radius 1 is 0.333 bits per heavy atom. The van der Waals surface area contributed by atoms with Gasteiger partial charge in [-0.05, 0) is 114 Å². The van der Waals surface area contributed by atoms with Crippen LogP contribution in [0.1, 0.15) is 68.2 Å². The van der Waals surface area contributed by atoms with Crippen molar-refractivity contribution in [3.05, 3.63) is 196 Å². The third-order valence-corrected chi connectivity index (χ3v) is 11.5. The summed E-state index contributed by atoms with van der Waals surface area (Å²) in [5, 5.41) is 38.9. The lowest BCUT2D eigenvalue weighted by atomic mass is 9.82. The Balaban J connectivity index is 1.42. The van der Waals surface area contributed by atoms with Crippen LogP contribution in [0.2, 0.25) is 0 Å². The van der Waals surface area contributed by atoms with Gasteiger partial charge >= 0.3 is 0 Å². The maximum Gasteiger partial charge on any atom is 0.158 e. The maximum atomic E-state index is 9.73. The molecule has 2 unspecified atom stereocenters. The second-order valence-electron chi connectivity index (χ2n) is 14.6. The van der Waals surface area contributed by atoms with E-state index in [1.54, 1.807) is 21.3 Å². The molecular weight excluding hydrogens is 741 g/mol. The van der Waals surface area contributed by atoms with Crippen molar-refractivity contribution in [1.82, 2.24) is 0 Å². The first-order valence-electron chi connectivity index (χ1n) is 19.5. The Morgan fingerprint density at radius 3 is 0.967 bits per heavy atom. The number of fused-ring (bicyclic) bond motifs is 3. The molecule has 8 rings (SSSR count). The van der Waals surface area contributed by atoms with Gasteiger partial charge in [-0.1, -0.05) is 115 Å². The van der Waals surface area contributed by atoms with E-state index in [4.69, 9.17) is 14.2 Å². The number of benzene rings is 2. The highest BCUT2D eigenvalue weighted by atomic mass is 16.5. The fourth-order valence-corrected chi connectivity index (χ4v) is 8.47. The Kier molecular flexibility index (Phi) is 10.8. The normalized spacial score (nSPS) is 12.0. The summed E-state index contributed by atoms with van der Waals surface area (Å²) in [4.78, 5) is 0. The summed E-state index contributed by atoms with van der Waals surface area (Å²) in [5.41, 5.74) is 13.9. The molecule has 6 aliphatic rings. The fourth-order valence-electron chi connectivity index (χ4n) is 8.47. The van der Waals surface area contributed by atoms with Crippen LogP contribution in [0.25, 0.3) is 33.4 Å². The zero-order chi connectivity index (χ0) is 41.8. The van der Waals surface area contributed by atoms with Crippen LogP contribution >= 0.6 is 0 Å². The number of hydrogen-bond donors (Lipinski definition) is 0. The van der Waals surface area contributed by atoms with Crippen molar-refractivity contribution in [2.24, 2.45) is 0 Å². The molecule has 0 aromatic heterocycles. The molecule has 0 aliphatic heterocycles. The molecule has 0 amide bonds. The molecule has 7 nitrogen and oxygen atoms in total. The van der Waals surface area contributed by atoms with Gasteiger partial charge in [0, 0.05) is 11.8 Å². The Labute approximate surface area is 350 Å². The van der Waals surface area contributed by atoms with Gasteiger partial charge in [0.15, 0.2) is 11.8 Å². The average molecular weight is 779 g/mol. The molecule has 0 spiro atoms. The average Bonchev–Trinajstić information content (AvgIpc) is 3.79. The van der Waals surface area contributed by atoms with Gasteiger partial charge in [-0.25, -0.2) is 0 Å². The lowest BCUT2D eigenvalue weighted by Gasteiger charge is -2.21. The second kappa shape index (κ2) is 16.8. The summed E-state index contributed by atoms with van der Waals surface area (Å²) in [5.74, 6) is -0.141. The molecule has 7 heteroatoms. The highest BCUT2D eigenvalue weighted by Crippen LogP contribution is 2.51. The largest absolute Gasteiger partial charge is 0.497 e. The van der Waals surface area contributed by atoms with Crippen molar-refractivity contribution >= 4 is 0 Å². The van der Waals surface area contributed by atoms with Crippen molar-refractivity contribution in [3.8, 4) is 74.9 Å². The zero-order valence-corrected chi connectivity index (χ0v) is 33.3. The van der Waals surface area contributed by atoms with Gasteiger partial charge in [0.05, 0.1) is 45.6 Å². The molecule has 288 valence electrons. The number of nitrogens with zero attached hydrogens (tertiary/aromatic N) is 4. The number of ether oxygens (including phenoxy) is 3. The van der Waals surface area contributed by atoms with E-state index in [-0.39, 0.29) is 11.8 Å². The molecule has 2 atom stereocenters. The second-order valence-corrected chi connectivity index (χ2v) is 14.6. The Hall–Kier alpha value is -8.10. The lowest BCUT2D eigenvalue weighted by molar-refractivity contribution is 0.415. The monoisotopic (exact) mass is 778 g/mol. The van der Waals surface area contributed by atoms with Crippen molar-refractivity contribution in [2.75, 3.05) is 21.3 Å². The smallest absolute Gasteiger partial charge is 0.158 e. The number of nitriles is 4. The maximum absolute atomic E-state index is 9.73. The first-order chi connectivity index (χ1) is 29.4. The number of methoxy groups -OCH3 is 3. The summed E-state index contributed by atoms with van der Waals surface area (Å²) in [6.45, 7) is 0. The van der Waals surface area contributed by atoms with E-state index in [0.717, 1.165) is 78.3 Å². The molecule has 0 bridgehead atoms. The summed E-state index contributed by atoms with van der Waals surface area (Å²) < 4.78 is 17.0. The van der Waals surface area contributed by atoms with Gasteiger partial charge < -0.3 is 14.2 Å². The first kappa shape index (κ1) is 38.8. The van der Waals surface area contributed by atoms with Crippen LogP contribution in [0.15, 0.2) is 152 Å². The first-order valence-corrected chi connectivity index (χ1v) is 19.5. The zero-order valence-electron chi connectivity index (χ0n) is 33.3. The van der Waals surface area contributed by atoms with E-state index >= 15 is 0 Å². The van der Waals surface area contributed by atoms with E-state index < -0.39 is 11.8 Å². The third-order valence-electron chi connectivity index (χ3n) is 11.5. The van der Waals surface area contributed by atoms with Gasteiger partial charge in [-0.3, -0.25) is 0 Å². The van der Waals surface area contributed by atoms with Crippen molar-refractivity contribution in [3.63, 3.8) is 0 Å². The summed E-state index contributed by atoms with van der Waals surface area (Å²) in [6, 6.07) is 59.5. The van der Waals surface area contributed by atoms with Gasteiger partial charge in [0.1, 0.15) is 17.2 Å². The molecule has 0 radical (unpaired) electrons. The molecule has 0 heterocycles. The van der Waals surface area contributed by atoms with E-state index in [0.29, 0.717) is 16.9 Å². The Morgan fingerprint density at radius 2 is 0.633 bits per heavy atom. The minimum atomic E-state index is -0.883. The molecule has 0 N–H and O–H groups in total. The van der Waals surface area contributed by atoms with Crippen LogP contribution in [0.5, 0.6) is 17.2 Å². The highest BCUT2D eigenvalue weighted by Gasteiger charge is 2.32. The quantitative estimate of drug-likeness (QED) is 0.128. The molecule has 6 aliphatic carbocycles. The minimum Gasteiger partial charge on any atom is -0.497 e. The van der Waals surface area contributed by atoms with Crippen LogP contribution in [0.3, 0.4) is 0 Å². The molecule has 0 fully saturated rings. The van der Waals surface area contributed by atoms with E-state index in [1.807, 2.05) is 84.9 Å². The topological polar surface area (TPSA) is 123 Å². The summed E-state index contributed by atoms with van der Waals surface area (Å²) in [7, 11) is 4.99. The molecule has 0 saturated carbocycles. The van der Waals surface area contributed by atoms with Crippen LogP contribution in [0, 0.1) is 45.3 Å². The third kappa shape index (κ3) is 7.07. The molecule has 0 saturated heterocycles. The number of rotatable bonds is 11. The highest BCUT2D eigenvalue weighted by molar-refractivity contribution is 5.84. The van der Waals surface area contributed by atoms with Crippen LogP contribution in [0.4, 0.5) is 0 Å². The molecule has 2 aromatic rings. The van der Waals surface area contributed by atoms with Crippen LogP contribution in [-0.4, -0.2) is 21.3 Å². The standard InChI is InChI=1S/C53H38N4O3/c1-58-41-16-12-35-14-22-48(44(35)24-18-41)52(37-8-4-33(5-9-37)39(29-54)30-55)50-28-51(47-27-21-43(60-3)20-26-46(47)50)53(38-10-6-34(7-11-38)40(31-56)32-57)49-23-15-36-13-17-42(59-2)19-25-45(36)49/h4-28,39-40,52-53H,1-3H3. The van der Waals surface area contributed by atoms with Gasteiger partial charge in [0.25, 0.3) is 0 Å².